The van der Waals surface area contributed by atoms with Gasteiger partial charge in [-0.25, -0.2) is 4.98 Å². The van der Waals surface area contributed by atoms with Crippen molar-refractivity contribution < 1.29 is 4.79 Å². The van der Waals surface area contributed by atoms with Crippen molar-refractivity contribution in [3.63, 3.8) is 0 Å². The number of halogens is 2. The number of carbonyl (C=O) groups excluding carboxylic acids is 1. The van der Waals surface area contributed by atoms with E-state index in [9.17, 15) is 4.79 Å². The molecular weight excluding hydrogens is 316 g/mol. The predicted octanol–water partition coefficient (Wildman–Crippen LogP) is 4.06. The Morgan fingerprint density at radius 3 is 2.89 bits per heavy atom. The Hall–Kier alpha value is -1.39. The van der Waals surface area contributed by atoms with Gasteiger partial charge in [0.15, 0.2) is 0 Å². The van der Waals surface area contributed by atoms with Crippen molar-refractivity contribution in [2.45, 2.75) is 6.92 Å². The van der Waals surface area contributed by atoms with Gasteiger partial charge in [-0.2, -0.15) is 0 Å². The molecular formula is C13H10BrClN2O. The molecule has 1 aromatic heterocycles. The zero-order valence-electron chi connectivity index (χ0n) is 9.58. The van der Waals surface area contributed by atoms with E-state index in [1.165, 1.54) is 0 Å². The lowest BCUT2D eigenvalue weighted by atomic mass is 10.2. The largest absolute Gasteiger partial charge is 0.321 e. The molecule has 3 nitrogen and oxygen atoms in total. The summed E-state index contributed by atoms with van der Waals surface area (Å²) >= 11 is 9.34. The number of aryl methyl sites for hydroxylation is 1. The van der Waals surface area contributed by atoms with Gasteiger partial charge in [0, 0.05) is 11.8 Å². The minimum absolute atomic E-state index is 0.217. The van der Waals surface area contributed by atoms with E-state index in [2.05, 4.69) is 26.2 Å². The summed E-state index contributed by atoms with van der Waals surface area (Å²) in [6.07, 6.45) is 1.57. The summed E-state index contributed by atoms with van der Waals surface area (Å²) in [6.45, 7) is 1.89. The van der Waals surface area contributed by atoms with E-state index in [-0.39, 0.29) is 5.91 Å². The van der Waals surface area contributed by atoms with Gasteiger partial charge < -0.3 is 5.32 Å². The first-order chi connectivity index (χ1) is 8.58. The lowest BCUT2D eigenvalue weighted by Crippen LogP contribution is -2.12. The summed E-state index contributed by atoms with van der Waals surface area (Å²) in [4.78, 5) is 16.0. The first-order valence-electron chi connectivity index (χ1n) is 5.26. The Balaban J connectivity index is 2.24. The molecule has 18 heavy (non-hydrogen) atoms. The van der Waals surface area contributed by atoms with Gasteiger partial charge >= 0.3 is 0 Å². The molecule has 2 rings (SSSR count). The Morgan fingerprint density at radius 1 is 1.39 bits per heavy atom. The number of hydrogen-bond donors (Lipinski definition) is 1. The molecule has 0 saturated heterocycles. The number of benzene rings is 1. The zero-order valence-corrected chi connectivity index (χ0v) is 11.9. The van der Waals surface area contributed by atoms with Crippen LogP contribution in [0.2, 0.25) is 5.02 Å². The SMILES string of the molecule is Cc1cccc(NC(=O)c2ccnc(Br)c2)c1Cl. The summed E-state index contributed by atoms with van der Waals surface area (Å²) in [7, 11) is 0. The lowest BCUT2D eigenvalue weighted by Gasteiger charge is -2.08. The molecule has 5 heteroatoms. The highest BCUT2D eigenvalue weighted by Crippen LogP contribution is 2.25. The number of pyridine rings is 1. The van der Waals surface area contributed by atoms with Crippen LogP contribution in [0.3, 0.4) is 0 Å². The molecule has 0 unspecified atom stereocenters. The molecule has 0 atom stereocenters. The summed E-state index contributed by atoms with van der Waals surface area (Å²) in [5.41, 5.74) is 2.05. The van der Waals surface area contributed by atoms with E-state index in [4.69, 9.17) is 11.6 Å². The second-order valence-electron chi connectivity index (χ2n) is 3.76. The van der Waals surface area contributed by atoms with Crippen molar-refractivity contribution in [3.05, 3.63) is 57.3 Å². The minimum Gasteiger partial charge on any atom is -0.321 e. The van der Waals surface area contributed by atoms with Crippen molar-refractivity contribution in [1.82, 2.24) is 4.98 Å². The van der Waals surface area contributed by atoms with Gasteiger partial charge in [0.2, 0.25) is 0 Å². The van der Waals surface area contributed by atoms with Gasteiger partial charge in [-0.3, -0.25) is 4.79 Å². The topological polar surface area (TPSA) is 42.0 Å². The van der Waals surface area contributed by atoms with Gasteiger partial charge in [0.05, 0.1) is 10.7 Å². The molecule has 1 N–H and O–H groups in total. The lowest BCUT2D eigenvalue weighted by molar-refractivity contribution is 0.102. The van der Waals surface area contributed by atoms with E-state index in [0.717, 1.165) is 5.56 Å². The monoisotopic (exact) mass is 324 g/mol. The maximum Gasteiger partial charge on any atom is 0.255 e. The Kier molecular flexibility index (Phi) is 3.99. The fourth-order valence-electron chi connectivity index (χ4n) is 1.48. The van der Waals surface area contributed by atoms with E-state index in [1.807, 2.05) is 19.1 Å². The van der Waals surface area contributed by atoms with Crippen molar-refractivity contribution >= 4 is 39.1 Å². The minimum atomic E-state index is -0.217. The van der Waals surface area contributed by atoms with Crippen LogP contribution >= 0.6 is 27.5 Å². The fraction of sp³-hybridized carbons (Fsp3) is 0.0769. The van der Waals surface area contributed by atoms with Gasteiger partial charge in [-0.15, -0.1) is 0 Å². The van der Waals surface area contributed by atoms with Crippen LogP contribution < -0.4 is 5.32 Å². The molecule has 0 saturated carbocycles. The third kappa shape index (κ3) is 2.89. The first kappa shape index (κ1) is 13.1. The van der Waals surface area contributed by atoms with Crippen molar-refractivity contribution in [3.8, 4) is 0 Å². The Labute approximate surface area is 118 Å². The highest BCUT2D eigenvalue weighted by Gasteiger charge is 2.09. The third-order valence-corrected chi connectivity index (χ3v) is 3.36. The number of aromatic nitrogens is 1. The number of hydrogen-bond acceptors (Lipinski definition) is 2. The Bertz CT molecular complexity index is 601. The normalized spacial score (nSPS) is 10.2. The molecule has 0 aliphatic rings. The number of nitrogens with zero attached hydrogens (tertiary/aromatic N) is 1. The molecule has 1 amide bonds. The molecule has 1 heterocycles. The molecule has 2 aromatic rings. The highest BCUT2D eigenvalue weighted by atomic mass is 79.9. The van der Waals surface area contributed by atoms with Crippen LogP contribution in [0.4, 0.5) is 5.69 Å². The van der Waals surface area contributed by atoms with Gasteiger partial charge in [-0.05, 0) is 46.6 Å². The number of rotatable bonds is 2. The first-order valence-corrected chi connectivity index (χ1v) is 6.43. The van der Waals surface area contributed by atoms with Crippen molar-refractivity contribution in [2.24, 2.45) is 0 Å². The number of amides is 1. The van der Waals surface area contributed by atoms with E-state index in [0.29, 0.717) is 20.9 Å². The van der Waals surface area contributed by atoms with Gasteiger partial charge in [0.1, 0.15) is 4.60 Å². The van der Waals surface area contributed by atoms with Crippen molar-refractivity contribution in [2.75, 3.05) is 5.32 Å². The van der Waals surface area contributed by atoms with Crippen LogP contribution in [0.5, 0.6) is 0 Å². The zero-order chi connectivity index (χ0) is 13.1. The van der Waals surface area contributed by atoms with Crippen LogP contribution in [0.25, 0.3) is 0 Å². The summed E-state index contributed by atoms with van der Waals surface area (Å²) in [6, 6.07) is 8.80. The van der Waals surface area contributed by atoms with Crippen LogP contribution in [0.1, 0.15) is 15.9 Å². The number of carbonyl (C=O) groups is 1. The smallest absolute Gasteiger partial charge is 0.255 e. The number of anilines is 1. The molecule has 92 valence electrons. The number of nitrogens with one attached hydrogen (secondary N) is 1. The molecule has 0 spiro atoms. The van der Waals surface area contributed by atoms with E-state index < -0.39 is 0 Å². The molecule has 0 aliphatic heterocycles. The van der Waals surface area contributed by atoms with Crippen LogP contribution in [-0.4, -0.2) is 10.9 Å². The van der Waals surface area contributed by atoms with Crippen LogP contribution in [0.15, 0.2) is 41.1 Å². The summed E-state index contributed by atoms with van der Waals surface area (Å²) in [5.74, 6) is -0.217. The van der Waals surface area contributed by atoms with E-state index in [1.54, 1.807) is 24.4 Å². The average Bonchev–Trinajstić information content (AvgIpc) is 2.35. The van der Waals surface area contributed by atoms with Gasteiger partial charge in [0.25, 0.3) is 5.91 Å². The highest BCUT2D eigenvalue weighted by molar-refractivity contribution is 9.10. The average molecular weight is 326 g/mol. The van der Waals surface area contributed by atoms with Crippen LogP contribution in [-0.2, 0) is 0 Å². The molecule has 0 aliphatic carbocycles. The molecule has 1 aromatic carbocycles. The Morgan fingerprint density at radius 2 is 2.17 bits per heavy atom. The van der Waals surface area contributed by atoms with Crippen LogP contribution in [0, 0.1) is 6.92 Å². The summed E-state index contributed by atoms with van der Waals surface area (Å²) in [5, 5.41) is 3.33. The van der Waals surface area contributed by atoms with E-state index >= 15 is 0 Å². The molecule has 0 fully saturated rings. The van der Waals surface area contributed by atoms with Gasteiger partial charge in [-0.1, -0.05) is 23.7 Å². The second kappa shape index (κ2) is 5.50. The molecule has 0 bridgehead atoms. The summed E-state index contributed by atoms with van der Waals surface area (Å²) < 4.78 is 0.616. The fourth-order valence-corrected chi connectivity index (χ4v) is 2.02. The quantitative estimate of drug-likeness (QED) is 0.846. The van der Waals surface area contributed by atoms with Crippen molar-refractivity contribution in [1.29, 1.82) is 0 Å². The second-order valence-corrected chi connectivity index (χ2v) is 4.95. The molecule has 0 radical (unpaired) electrons. The maximum absolute atomic E-state index is 12.0. The third-order valence-electron chi connectivity index (χ3n) is 2.43. The standard InChI is InChI=1S/C13H10BrClN2O/c1-8-3-2-4-10(12(8)15)17-13(18)9-5-6-16-11(14)7-9/h2-7H,1H3,(H,17,18). The predicted molar refractivity (Wildman–Crippen MR) is 76.1 cm³/mol. The maximum atomic E-state index is 12.0.